The first kappa shape index (κ1) is 20.9. The maximum Gasteiger partial charge on any atom is 0.162 e. The Bertz CT molecular complexity index is 467. The summed E-state index contributed by atoms with van der Waals surface area (Å²) in [7, 11) is -3.92. The highest BCUT2D eigenvalue weighted by atomic mass is 127. The van der Waals surface area contributed by atoms with Crippen LogP contribution < -0.4 is 5.19 Å². The van der Waals surface area contributed by atoms with Gasteiger partial charge in [0.2, 0.25) is 0 Å². The first-order chi connectivity index (χ1) is 9.66. The molecule has 0 saturated carbocycles. The molecule has 125 valence electrons. The zero-order valence-electron chi connectivity index (χ0n) is 16.2. The summed E-state index contributed by atoms with van der Waals surface area (Å²) in [6.07, 6.45) is -0.598. The van der Waals surface area contributed by atoms with Gasteiger partial charge in [-0.1, -0.05) is 88.8 Å². The second kappa shape index (κ2) is 6.61. The number of halogens is 1. The van der Waals surface area contributed by atoms with Gasteiger partial charge in [0.25, 0.3) is 0 Å². The van der Waals surface area contributed by atoms with Crippen LogP contribution in [-0.2, 0) is 0 Å². The summed E-state index contributed by atoms with van der Waals surface area (Å²) in [5.41, 5.74) is 1.38. The highest BCUT2D eigenvalue weighted by Gasteiger charge is 2.63. The molecule has 1 aromatic carbocycles. The van der Waals surface area contributed by atoms with Crippen LogP contribution in [0, 0.1) is 6.92 Å². The highest BCUT2D eigenvalue weighted by Crippen LogP contribution is 2.56. The number of aryl methyl sites for hydroxylation is 1. The quantitative estimate of drug-likeness (QED) is 0.277. The Morgan fingerprint density at radius 3 is 1.32 bits per heavy atom. The molecule has 0 atom stereocenters. The summed E-state index contributed by atoms with van der Waals surface area (Å²) in [6.45, 7) is 26.1. The summed E-state index contributed by atoms with van der Waals surface area (Å²) < 4.78 is 0.674. The van der Waals surface area contributed by atoms with Gasteiger partial charge in [0, 0.05) is 24.2 Å². The van der Waals surface area contributed by atoms with E-state index in [0.29, 0.717) is 3.91 Å². The Hall–Kier alpha value is 0.818. The van der Waals surface area contributed by atoms with E-state index in [-0.39, 0.29) is 0 Å². The van der Waals surface area contributed by atoms with Crippen LogP contribution in [-0.4, -0.2) is 30.5 Å². The van der Waals surface area contributed by atoms with Gasteiger partial charge in [0.05, 0.1) is 0 Å². The van der Waals surface area contributed by atoms with Gasteiger partial charge in [-0.05, 0) is 16.0 Å². The third-order valence-electron chi connectivity index (χ3n) is 5.01. The maximum atomic E-state index is 2.92. The molecule has 1 radical (unpaired) electrons. The van der Waals surface area contributed by atoms with Crippen molar-refractivity contribution < 1.29 is 0 Å². The average Bonchev–Trinajstić information content (AvgIpc) is 2.23. The summed E-state index contributed by atoms with van der Waals surface area (Å²) >= 11 is 2.92. The van der Waals surface area contributed by atoms with Crippen LogP contribution in [0.1, 0.15) is 5.56 Å². The Morgan fingerprint density at radius 1 is 0.727 bits per heavy atom. The van der Waals surface area contributed by atoms with Gasteiger partial charge in [0.1, 0.15) is 0 Å². The van der Waals surface area contributed by atoms with E-state index in [1.165, 1.54) is 5.56 Å². The van der Waals surface area contributed by atoms with E-state index < -0.39 is 30.5 Å². The minimum atomic E-state index is -1.31. The lowest BCUT2D eigenvalue weighted by Gasteiger charge is -2.61. The van der Waals surface area contributed by atoms with E-state index in [4.69, 9.17) is 0 Å². The largest absolute Gasteiger partial charge is 0.162 e. The predicted molar refractivity (Wildman–Crippen MR) is 123 cm³/mol. The Balaban J connectivity index is 3.66. The van der Waals surface area contributed by atoms with Crippen molar-refractivity contribution in [2.75, 3.05) is 0 Å². The van der Waals surface area contributed by atoms with E-state index in [2.05, 4.69) is 112 Å². The van der Waals surface area contributed by atoms with Crippen molar-refractivity contribution in [2.24, 2.45) is 0 Å². The van der Waals surface area contributed by atoms with Crippen molar-refractivity contribution in [1.29, 1.82) is 0 Å². The number of hydrogen-bond acceptors (Lipinski definition) is 0. The van der Waals surface area contributed by atoms with Gasteiger partial charge in [-0.2, -0.15) is 0 Å². The van der Waals surface area contributed by atoms with Crippen LogP contribution in [0.3, 0.4) is 0 Å². The van der Waals surface area contributed by atoms with Crippen molar-refractivity contribution in [3.8, 4) is 0 Å². The van der Waals surface area contributed by atoms with Crippen LogP contribution in [0.25, 0.3) is 0 Å². The van der Waals surface area contributed by atoms with Crippen LogP contribution in [0.4, 0.5) is 0 Å². The number of benzene rings is 1. The molecule has 0 spiro atoms. The second-order valence-corrected chi connectivity index (χ2v) is 33.6. The average molecular weight is 478 g/mol. The molecule has 0 unspecified atom stereocenters. The fourth-order valence-corrected chi connectivity index (χ4v) is 65.3. The fraction of sp³-hybridized carbons (Fsp3) is 0.647. The van der Waals surface area contributed by atoms with E-state index >= 15 is 0 Å². The lowest BCUT2D eigenvalue weighted by atomic mass is 10.2. The minimum absolute atomic E-state index is 0.598. The molecule has 22 heavy (non-hydrogen) atoms. The predicted octanol–water partition coefficient (Wildman–Crippen LogP) is 6.00. The van der Waals surface area contributed by atoms with Crippen molar-refractivity contribution in [3.63, 3.8) is 0 Å². The summed E-state index contributed by atoms with van der Waals surface area (Å²) in [6, 6.07) is 9.51. The standard InChI is InChI=1S/C17H34ISi4/c1-15-11-13-16(14-12-15)19(18)17(20(2,3)4,21(5,6)7)22(8,9)10/h11-14H,1-10H3. The lowest BCUT2D eigenvalue weighted by Crippen LogP contribution is -2.73. The van der Waals surface area contributed by atoms with Gasteiger partial charge in [-0.15, -0.1) is 21.8 Å². The fourth-order valence-electron chi connectivity index (χ4n) is 5.28. The van der Waals surface area contributed by atoms with Gasteiger partial charge < -0.3 is 0 Å². The van der Waals surface area contributed by atoms with E-state index in [1.807, 2.05) is 0 Å². The molecule has 0 fully saturated rings. The van der Waals surface area contributed by atoms with Crippen LogP contribution in [0.5, 0.6) is 0 Å². The smallest absolute Gasteiger partial charge is 0.115 e. The maximum absolute atomic E-state index is 2.92. The zero-order chi connectivity index (χ0) is 17.6. The van der Waals surface area contributed by atoms with Gasteiger partial charge >= 0.3 is 0 Å². The van der Waals surface area contributed by atoms with E-state index in [0.717, 1.165) is 0 Å². The van der Waals surface area contributed by atoms with Crippen molar-refractivity contribution in [3.05, 3.63) is 29.8 Å². The molecule has 0 amide bonds. The topological polar surface area (TPSA) is 0 Å². The third-order valence-corrected chi connectivity index (χ3v) is 44.6. The highest BCUT2D eigenvalue weighted by molar-refractivity contribution is 14.1. The number of hydrogen-bond donors (Lipinski definition) is 0. The molecule has 1 aromatic rings. The molecule has 0 nitrogen and oxygen atoms in total. The Kier molecular flexibility index (Phi) is 6.27. The third kappa shape index (κ3) is 3.58. The molecule has 0 N–H and O–H groups in total. The molecule has 0 aromatic heterocycles. The number of rotatable bonds is 5. The molecule has 0 bridgehead atoms. The van der Waals surface area contributed by atoms with Gasteiger partial charge in [-0.25, -0.2) is 0 Å². The van der Waals surface area contributed by atoms with Gasteiger partial charge in [0.15, 0.2) is 6.29 Å². The molecule has 0 aliphatic rings. The van der Waals surface area contributed by atoms with Crippen molar-refractivity contribution in [2.45, 2.75) is 69.8 Å². The molecular weight excluding hydrogens is 443 g/mol. The molecule has 0 aliphatic carbocycles. The Morgan fingerprint density at radius 2 is 1.05 bits per heavy atom. The summed E-state index contributed by atoms with van der Waals surface area (Å²) in [5.74, 6) is 0. The SMILES string of the molecule is Cc1ccc([Si](I)C([Si](C)(C)C)([Si](C)(C)C)[Si](C)(C)C)cc1. The van der Waals surface area contributed by atoms with Crippen LogP contribution in [0.15, 0.2) is 24.3 Å². The monoisotopic (exact) mass is 477 g/mol. The van der Waals surface area contributed by atoms with E-state index in [1.54, 1.807) is 5.19 Å². The second-order valence-electron chi connectivity index (χ2n) is 9.68. The van der Waals surface area contributed by atoms with Gasteiger partial charge in [-0.3, -0.25) is 0 Å². The van der Waals surface area contributed by atoms with Crippen molar-refractivity contribution >= 4 is 57.5 Å². The molecule has 1 rings (SSSR count). The first-order valence-electron chi connectivity index (χ1n) is 8.26. The summed E-state index contributed by atoms with van der Waals surface area (Å²) in [5, 5.41) is 1.66. The zero-order valence-corrected chi connectivity index (χ0v) is 22.3. The normalized spacial score (nSPS) is 14.5. The summed E-state index contributed by atoms with van der Waals surface area (Å²) in [4.78, 5) is 0. The molecule has 0 aliphatic heterocycles. The van der Waals surface area contributed by atoms with Crippen LogP contribution >= 0.6 is 21.8 Å². The van der Waals surface area contributed by atoms with Crippen molar-refractivity contribution in [1.82, 2.24) is 0 Å². The molecule has 0 saturated heterocycles. The Labute approximate surface area is 156 Å². The first-order valence-corrected chi connectivity index (χ1v) is 23.4. The lowest BCUT2D eigenvalue weighted by molar-refractivity contribution is 1.23. The molecular formula is C17H34ISi4. The molecule has 5 heteroatoms. The molecule has 0 heterocycles. The van der Waals surface area contributed by atoms with E-state index in [9.17, 15) is 0 Å². The minimum Gasteiger partial charge on any atom is -0.115 e. The van der Waals surface area contributed by atoms with Crippen LogP contribution in [0.2, 0.25) is 62.8 Å².